The molecule has 0 amide bonds. The van der Waals surface area contributed by atoms with Crippen molar-refractivity contribution in [2.24, 2.45) is 0 Å². The van der Waals surface area contributed by atoms with E-state index in [1.165, 1.54) is 10.4 Å². The molecule has 0 bridgehead atoms. The Balaban J connectivity index is 2.35. The first-order valence-corrected chi connectivity index (χ1v) is 7.43. The van der Waals surface area contributed by atoms with Crippen molar-refractivity contribution in [3.63, 3.8) is 0 Å². The fourth-order valence-corrected chi connectivity index (χ4v) is 3.65. The summed E-state index contributed by atoms with van der Waals surface area (Å²) in [7, 11) is -3.81. The van der Waals surface area contributed by atoms with Crippen LogP contribution in [0.15, 0.2) is 29.2 Å². The van der Waals surface area contributed by atoms with Crippen LogP contribution in [0.3, 0.4) is 0 Å². The molecule has 0 atom stereocenters. The smallest absolute Gasteiger partial charge is 0.207 e. The summed E-state index contributed by atoms with van der Waals surface area (Å²) < 4.78 is 63.5. The normalized spacial score (nSPS) is 18.5. The van der Waals surface area contributed by atoms with Gasteiger partial charge in [-0.2, -0.15) is 17.5 Å². The second-order valence-corrected chi connectivity index (χ2v) is 6.43. The minimum absolute atomic E-state index is 0.288. The average molecular weight is 293 g/mol. The Kier molecular flexibility index (Phi) is 3.87. The second kappa shape index (κ2) is 5.13. The van der Waals surface area contributed by atoms with Crippen LogP contribution in [0.4, 0.5) is 13.2 Å². The van der Waals surface area contributed by atoms with Gasteiger partial charge in [0.05, 0.1) is 10.5 Å². The molecule has 0 saturated carbocycles. The predicted molar refractivity (Wildman–Crippen MR) is 64.1 cm³/mol. The van der Waals surface area contributed by atoms with Crippen LogP contribution in [-0.4, -0.2) is 25.8 Å². The van der Waals surface area contributed by atoms with Gasteiger partial charge in [-0.3, -0.25) is 0 Å². The fraction of sp³-hybridized carbons (Fsp3) is 0.500. The number of nitrogens with zero attached hydrogens (tertiary/aromatic N) is 1. The van der Waals surface area contributed by atoms with Gasteiger partial charge in [-0.15, -0.1) is 0 Å². The van der Waals surface area contributed by atoms with E-state index in [-0.39, 0.29) is 4.90 Å². The second-order valence-electron chi connectivity index (χ2n) is 4.49. The van der Waals surface area contributed by atoms with Crippen LogP contribution in [0, 0.1) is 0 Å². The minimum Gasteiger partial charge on any atom is -0.207 e. The van der Waals surface area contributed by atoms with Crippen molar-refractivity contribution in [3.8, 4) is 0 Å². The van der Waals surface area contributed by atoms with Gasteiger partial charge in [-0.1, -0.05) is 12.5 Å². The van der Waals surface area contributed by atoms with Crippen molar-refractivity contribution in [2.45, 2.75) is 30.3 Å². The summed E-state index contributed by atoms with van der Waals surface area (Å²) in [6, 6.07) is 3.90. The molecule has 3 nitrogen and oxygen atoms in total. The zero-order valence-corrected chi connectivity index (χ0v) is 11.0. The van der Waals surface area contributed by atoms with E-state index in [1.54, 1.807) is 0 Å². The molecule has 0 N–H and O–H groups in total. The van der Waals surface area contributed by atoms with Gasteiger partial charge in [-0.25, -0.2) is 8.42 Å². The molecular formula is C12H14F3NO2S. The number of alkyl halides is 3. The van der Waals surface area contributed by atoms with Gasteiger partial charge < -0.3 is 0 Å². The third kappa shape index (κ3) is 3.09. The standard InChI is InChI=1S/C12H14F3NO2S/c13-12(14,15)10-5-4-6-11(9-10)19(17,18)16-7-2-1-3-8-16/h4-6,9H,1-3,7-8H2. The van der Waals surface area contributed by atoms with E-state index in [9.17, 15) is 21.6 Å². The number of rotatable bonds is 2. The van der Waals surface area contributed by atoms with Gasteiger partial charge in [0, 0.05) is 13.1 Å². The zero-order valence-electron chi connectivity index (χ0n) is 10.2. The van der Waals surface area contributed by atoms with Gasteiger partial charge in [0.15, 0.2) is 0 Å². The topological polar surface area (TPSA) is 37.4 Å². The van der Waals surface area contributed by atoms with Crippen LogP contribution in [0.5, 0.6) is 0 Å². The van der Waals surface area contributed by atoms with E-state index in [0.29, 0.717) is 19.2 Å². The lowest BCUT2D eigenvalue weighted by Gasteiger charge is -2.26. The Bertz CT molecular complexity index is 548. The maximum Gasteiger partial charge on any atom is 0.416 e. The molecular weight excluding hydrogens is 279 g/mol. The Morgan fingerprint density at radius 2 is 1.68 bits per heavy atom. The van der Waals surface area contributed by atoms with Gasteiger partial charge in [0.1, 0.15) is 0 Å². The quantitative estimate of drug-likeness (QED) is 0.841. The number of hydrogen-bond donors (Lipinski definition) is 0. The monoisotopic (exact) mass is 293 g/mol. The number of piperidine rings is 1. The molecule has 1 aromatic rings. The van der Waals surface area contributed by atoms with Crippen molar-refractivity contribution in [1.29, 1.82) is 0 Å². The molecule has 0 radical (unpaired) electrons. The van der Waals surface area contributed by atoms with Crippen LogP contribution in [0.2, 0.25) is 0 Å². The molecule has 19 heavy (non-hydrogen) atoms. The van der Waals surface area contributed by atoms with E-state index in [2.05, 4.69) is 0 Å². The Labute approximate surface area is 110 Å². The summed E-state index contributed by atoms with van der Waals surface area (Å²) in [5.41, 5.74) is -0.939. The molecule has 106 valence electrons. The van der Waals surface area contributed by atoms with Crippen molar-refractivity contribution in [2.75, 3.05) is 13.1 Å². The highest BCUT2D eigenvalue weighted by atomic mass is 32.2. The Morgan fingerprint density at radius 3 is 2.26 bits per heavy atom. The number of benzene rings is 1. The maximum atomic E-state index is 12.6. The molecule has 7 heteroatoms. The lowest BCUT2D eigenvalue weighted by atomic mass is 10.2. The van der Waals surface area contributed by atoms with E-state index in [1.807, 2.05) is 0 Å². The lowest BCUT2D eigenvalue weighted by molar-refractivity contribution is -0.137. The molecule has 0 spiro atoms. The van der Waals surface area contributed by atoms with Crippen molar-refractivity contribution >= 4 is 10.0 Å². The summed E-state index contributed by atoms with van der Waals surface area (Å²) in [5.74, 6) is 0. The van der Waals surface area contributed by atoms with Crippen LogP contribution in [0.25, 0.3) is 0 Å². The van der Waals surface area contributed by atoms with Gasteiger partial charge in [0.25, 0.3) is 0 Å². The Hall–Kier alpha value is -1.08. The summed E-state index contributed by atoms with van der Waals surface area (Å²) in [4.78, 5) is -0.288. The van der Waals surface area contributed by atoms with Gasteiger partial charge in [-0.05, 0) is 31.0 Å². The molecule has 2 rings (SSSR count). The van der Waals surface area contributed by atoms with Crippen molar-refractivity contribution in [3.05, 3.63) is 29.8 Å². The minimum atomic E-state index is -4.53. The first kappa shape index (κ1) is 14.3. The largest absolute Gasteiger partial charge is 0.416 e. The summed E-state index contributed by atoms with van der Waals surface area (Å²) >= 11 is 0. The molecule has 1 aromatic carbocycles. The first-order chi connectivity index (χ1) is 8.82. The van der Waals surface area contributed by atoms with Crippen LogP contribution < -0.4 is 0 Å². The molecule has 1 aliphatic heterocycles. The average Bonchev–Trinajstić information content (AvgIpc) is 2.39. The Morgan fingerprint density at radius 1 is 1.05 bits per heavy atom. The van der Waals surface area contributed by atoms with Crippen molar-refractivity contribution < 1.29 is 21.6 Å². The van der Waals surface area contributed by atoms with Crippen molar-refractivity contribution in [1.82, 2.24) is 4.31 Å². The number of sulfonamides is 1. The van der Waals surface area contributed by atoms with E-state index < -0.39 is 21.8 Å². The summed E-state index contributed by atoms with van der Waals surface area (Å²) in [5, 5.41) is 0. The highest BCUT2D eigenvalue weighted by Crippen LogP contribution is 2.31. The highest BCUT2D eigenvalue weighted by molar-refractivity contribution is 7.89. The summed E-state index contributed by atoms with van der Waals surface area (Å²) in [6.45, 7) is 0.747. The molecule has 1 heterocycles. The molecule has 1 fully saturated rings. The molecule has 0 aromatic heterocycles. The van der Waals surface area contributed by atoms with E-state index >= 15 is 0 Å². The van der Waals surface area contributed by atoms with Crippen LogP contribution in [-0.2, 0) is 16.2 Å². The molecule has 0 unspecified atom stereocenters. The summed E-state index contributed by atoms with van der Waals surface area (Å²) in [6.07, 6.45) is -2.08. The van der Waals surface area contributed by atoms with E-state index in [4.69, 9.17) is 0 Å². The zero-order chi connectivity index (χ0) is 14.1. The lowest BCUT2D eigenvalue weighted by Crippen LogP contribution is -2.35. The first-order valence-electron chi connectivity index (χ1n) is 5.99. The van der Waals surface area contributed by atoms with Gasteiger partial charge in [0.2, 0.25) is 10.0 Å². The highest BCUT2D eigenvalue weighted by Gasteiger charge is 2.33. The van der Waals surface area contributed by atoms with Crippen LogP contribution >= 0.6 is 0 Å². The maximum absolute atomic E-state index is 12.6. The number of hydrogen-bond acceptors (Lipinski definition) is 2. The third-order valence-corrected chi connectivity index (χ3v) is 5.01. The predicted octanol–water partition coefficient (Wildman–Crippen LogP) is 2.88. The number of halogens is 3. The van der Waals surface area contributed by atoms with Crippen LogP contribution in [0.1, 0.15) is 24.8 Å². The van der Waals surface area contributed by atoms with Gasteiger partial charge >= 0.3 is 6.18 Å². The SMILES string of the molecule is O=S(=O)(c1cccc(C(F)(F)F)c1)N1CCCCC1. The molecule has 1 saturated heterocycles. The molecule has 1 aliphatic rings. The fourth-order valence-electron chi connectivity index (χ4n) is 2.09. The third-order valence-electron chi connectivity index (χ3n) is 3.11. The van der Waals surface area contributed by atoms with E-state index in [0.717, 1.165) is 31.4 Å². The molecule has 0 aliphatic carbocycles.